The van der Waals surface area contributed by atoms with Crippen molar-refractivity contribution in [2.45, 2.75) is 0 Å². The molecule has 6 nitrogen and oxygen atoms in total. The van der Waals surface area contributed by atoms with Crippen molar-refractivity contribution in [1.82, 2.24) is 29.9 Å². The molecule has 0 aliphatic heterocycles. The summed E-state index contributed by atoms with van der Waals surface area (Å²) in [5.74, 6) is 1.78. The van der Waals surface area contributed by atoms with Gasteiger partial charge in [0.2, 0.25) is 0 Å². The Balaban J connectivity index is 1.38. The summed E-state index contributed by atoms with van der Waals surface area (Å²) in [4.78, 5) is 27.7. The summed E-state index contributed by atoms with van der Waals surface area (Å²) in [6.07, 6.45) is 9.01. The minimum atomic E-state index is 0.587. The first-order valence-electron chi connectivity index (χ1n) is 13.0. The molecule has 0 saturated carbocycles. The number of rotatable bonds is 5. The number of nitrogens with zero attached hydrogens (tertiary/aromatic N) is 6. The number of benzene rings is 3. The second-order valence-corrected chi connectivity index (χ2v) is 10.4. The van der Waals surface area contributed by atoms with Gasteiger partial charge in [-0.25, -0.2) is 15.0 Å². The smallest absolute Gasteiger partial charge is 0.164 e. The first kappa shape index (κ1) is 24.9. The van der Waals surface area contributed by atoms with Crippen LogP contribution in [-0.4, -0.2) is 29.9 Å². The number of hydrogen-bond donors (Lipinski definition) is 0. The van der Waals surface area contributed by atoms with Gasteiger partial charge in [0, 0.05) is 57.5 Å². The van der Waals surface area contributed by atoms with Crippen LogP contribution in [0.2, 0.25) is 0 Å². The van der Waals surface area contributed by atoms with E-state index < -0.39 is 0 Å². The molecule has 0 N–H and O–H groups in total. The second-order valence-electron chi connectivity index (χ2n) is 9.50. The van der Waals surface area contributed by atoms with E-state index in [1.807, 2.05) is 72.9 Å². The Morgan fingerprint density at radius 2 is 1.10 bits per heavy atom. The van der Waals surface area contributed by atoms with E-state index in [1.165, 1.54) is 0 Å². The lowest BCUT2D eigenvalue weighted by molar-refractivity contribution is 1.07. The van der Waals surface area contributed by atoms with Gasteiger partial charge in [-0.05, 0) is 82.9 Å². The van der Waals surface area contributed by atoms with Gasteiger partial charge >= 0.3 is 0 Å². The Bertz CT molecular complexity index is 2000. The fourth-order valence-electron chi connectivity index (χ4n) is 4.75. The SMILES string of the molecule is Brc1cc(-c2ccncc2)cc(-c2nc(-c3ccc(-c4cccnc4)cc3)nc(-c3ccc4ncccc4c3)n2)c1. The first-order valence-corrected chi connectivity index (χ1v) is 13.8. The third-order valence-corrected chi connectivity index (χ3v) is 7.26. The summed E-state index contributed by atoms with van der Waals surface area (Å²) < 4.78 is 0.933. The van der Waals surface area contributed by atoms with Gasteiger partial charge in [0.05, 0.1) is 5.52 Å². The molecule has 194 valence electrons. The van der Waals surface area contributed by atoms with E-state index in [0.29, 0.717) is 17.5 Å². The van der Waals surface area contributed by atoms with Crippen molar-refractivity contribution < 1.29 is 0 Å². The molecular weight excluding hydrogens is 572 g/mol. The number of pyridine rings is 3. The van der Waals surface area contributed by atoms with Gasteiger partial charge in [0.1, 0.15) is 0 Å². The molecule has 4 heterocycles. The molecule has 0 aliphatic rings. The van der Waals surface area contributed by atoms with E-state index in [1.54, 1.807) is 24.8 Å². The van der Waals surface area contributed by atoms with Gasteiger partial charge in [-0.3, -0.25) is 15.0 Å². The minimum Gasteiger partial charge on any atom is -0.265 e. The topological polar surface area (TPSA) is 77.3 Å². The normalized spacial score (nSPS) is 11.0. The van der Waals surface area contributed by atoms with Crippen molar-refractivity contribution >= 4 is 26.8 Å². The molecule has 0 unspecified atom stereocenters. The fourth-order valence-corrected chi connectivity index (χ4v) is 5.25. The molecule has 7 aromatic rings. The quantitative estimate of drug-likeness (QED) is 0.200. The largest absolute Gasteiger partial charge is 0.265 e. The standard InChI is InChI=1S/C34H21BrN6/c35-30-19-28(23-11-15-36-16-12-23)18-29(20-30)34-40-32(24-7-5-22(6-8-24)27-4-1-13-37-21-27)39-33(41-34)26-9-10-31-25(17-26)3-2-14-38-31/h1-21H. The predicted octanol–water partition coefficient (Wildman–Crippen LogP) is 8.31. The summed E-state index contributed by atoms with van der Waals surface area (Å²) in [6, 6.07) is 32.4. The van der Waals surface area contributed by atoms with Crippen LogP contribution in [-0.2, 0) is 0 Å². The fraction of sp³-hybridized carbons (Fsp3) is 0. The summed E-state index contributed by atoms with van der Waals surface area (Å²) in [5.41, 5.74) is 7.83. The van der Waals surface area contributed by atoms with Crippen LogP contribution >= 0.6 is 15.9 Å². The highest BCUT2D eigenvalue weighted by Gasteiger charge is 2.15. The van der Waals surface area contributed by atoms with E-state index >= 15 is 0 Å². The van der Waals surface area contributed by atoms with Crippen molar-refractivity contribution in [2.24, 2.45) is 0 Å². The minimum absolute atomic E-state index is 0.587. The van der Waals surface area contributed by atoms with Gasteiger partial charge in [-0.2, -0.15) is 0 Å². The molecule has 41 heavy (non-hydrogen) atoms. The molecule has 4 aromatic heterocycles. The lowest BCUT2D eigenvalue weighted by Crippen LogP contribution is -2.00. The van der Waals surface area contributed by atoms with Crippen LogP contribution in [0.25, 0.3) is 67.3 Å². The number of hydrogen-bond acceptors (Lipinski definition) is 6. The summed E-state index contributed by atoms with van der Waals surface area (Å²) in [6.45, 7) is 0. The average molecular weight is 593 g/mol. The van der Waals surface area contributed by atoms with Crippen LogP contribution in [0.1, 0.15) is 0 Å². The molecule has 3 aromatic carbocycles. The van der Waals surface area contributed by atoms with Crippen molar-refractivity contribution in [2.75, 3.05) is 0 Å². The third kappa shape index (κ3) is 5.23. The lowest BCUT2D eigenvalue weighted by atomic mass is 10.0. The van der Waals surface area contributed by atoms with E-state index in [2.05, 4.69) is 61.2 Å². The van der Waals surface area contributed by atoms with Crippen LogP contribution in [0.4, 0.5) is 0 Å². The first-order chi connectivity index (χ1) is 20.2. The maximum Gasteiger partial charge on any atom is 0.164 e. The van der Waals surface area contributed by atoms with Crippen LogP contribution in [0.3, 0.4) is 0 Å². The molecule has 0 saturated heterocycles. The predicted molar refractivity (Wildman–Crippen MR) is 166 cm³/mol. The van der Waals surface area contributed by atoms with Crippen molar-refractivity contribution in [3.05, 3.63) is 133 Å². The van der Waals surface area contributed by atoms with Gasteiger partial charge in [-0.15, -0.1) is 0 Å². The molecule has 0 radical (unpaired) electrons. The maximum absolute atomic E-state index is 4.96. The molecule has 0 fully saturated rings. The molecule has 0 spiro atoms. The number of fused-ring (bicyclic) bond motifs is 1. The molecule has 0 atom stereocenters. The van der Waals surface area contributed by atoms with Crippen LogP contribution in [0.5, 0.6) is 0 Å². The highest BCUT2D eigenvalue weighted by molar-refractivity contribution is 9.10. The van der Waals surface area contributed by atoms with Crippen LogP contribution < -0.4 is 0 Å². The van der Waals surface area contributed by atoms with Gasteiger partial charge < -0.3 is 0 Å². The van der Waals surface area contributed by atoms with Crippen LogP contribution in [0, 0.1) is 0 Å². The van der Waals surface area contributed by atoms with E-state index in [0.717, 1.165) is 54.3 Å². The van der Waals surface area contributed by atoms with E-state index in [4.69, 9.17) is 15.0 Å². The zero-order chi connectivity index (χ0) is 27.6. The summed E-state index contributed by atoms with van der Waals surface area (Å²) in [5, 5.41) is 1.02. The Kier molecular flexibility index (Phi) is 6.55. The molecule has 0 bridgehead atoms. The van der Waals surface area contributed by atoms with Crippen molar-refractivity contribution in [1.29, 1.82) is 0 Å². The Morgan fingerprint density at radius 3 is 1.88 bits per heavy atom. The lowest BCUT2D eigenvalue weighted by Gasteiger charge is -2.11. The molecule has 7 heteroatoms. The number of aromatic nitrogens is 6. The Labute approximate surface area is 245 Å². The highest BCUT2D eigenvalue weighted by atomic mass is 79.9. The van der Waals surface area contributed by atoms with Crippen LogP contribution in [0.15, 0.2) is 133 Å². The van der Waals surface area contributed by atoms with Crippen molar-refractivity contribution in [3.8, 4) is 56.4 Å². The Hall–Kier alpha value is -5.14. The average Bonchev–Trinajstić information content (AvgIpc) is 3.05. The van der Waals surface area contributed by atoms with Crippen molar-refractivity contribution in [3.63, 3.8) is 0 Å². The maximum atomic E-state index is 4.96. The molecular formula is C34H21BrN6. The van der Waals surface area contributed by atoms with Gasteiger partial charge in [0.15, 0.2) is 17.5 Å². The number of halogens is 1. The zero-order valence-electron chi connectivity index (χ0n) is 21.7. The Morgan fingerprint density at radius 1 is 0.439 bits per heavy atom. The third-order valence-electron chi connectivity index (χ3n) is 6.80. The molecule has 0 aliphatic carbocycles. The monoisotopic (exact) mass is 592 g/mol. The highest BCUT2D eigenvalue weighted by Crippen LogP contribution is 2.32. The molecule has 0 amide bonds. The summed E-state index contributed by atoms with van der Waals surface area (Å²) in [7, 11) is 0. The van der Waals surface area contributed by atoms with Gasteiger partial charge in [-0.1, -0.05) is 52.3 Å². The van der Waals surface area contributed by atoms with Gasteiger partial charge in [0.25, 0.3) is 0 Å². The zero-order valence-corrected chi connectivity index (χ0v) is 23.3. The second kappa shape index (κ2) is 10.8. The van der Waals surface area contributed by atoms with E-state index in [9.17, 15) is 0 Å². The summed E-state index contributed by atoms with van der Waals surface area (Å²) >= 11 is 3.69. The molecule has 7 rings (SSSR count). The van der Waals surface area contributed by atoms with E-state index in [-0.39, 0.29) is 0 Å².